The second kappa shape index (κ2) is 2.80. The predicted molar refractivity (Wildman–Crippen MR) is 30.6 cm³/mol. The number of halogens is 1. The van der Waals surface area contributed by atoms with Gasteiger partial charge in [0.2, 0.25) is 11.8 Å². The molecule has 0 unspecified atom stereocenters. The van der Waals surface area contributed by atoms with E-state index in [1.165, 1.54) is 0 Å². The van der Waals surface area contributed by atoms with Crippen LogP contribution < -0.4 is 0 Å². The Hall–Kier alpha value is -0.610. The zero-order chi connectivity index (χ0) is 6.15. The molecule has 1 heterocycles. The van der Waals surface area contributed by atoms with Gasteiger partial charge in [0.05, 0.1) is 0 Å². The molecule has 1 aliphatic rings. The number of carbonyl (C=O) groups excluding carboxylic acids is 2. The molecule has 0 aromatic carbocycles. The highest BCUT2D eigenvalue weighted by Gasteiger charge is 2.26. The van der Waals surface area contributed by atoms with Gasteiger partial charge in [-0.1, -0.05) is 0 Å². The summed E-state index contributed by atoms with van der Waals surface area (Å²) in [5.74, 6) is -0.590. The fourth-order valence-electron chi connectivity index (χ4n) is 0.549. The van der Waals surface area contributed by atoms with E-state index in [0.717, 1.165) is 0 Å². The monoisotopic (exact) mass is 151 g/mol. The molecule has 1 rings (SSSR count). The van der Waals surface area contributed by atoms with E-state index >= 15 is 0 Å². The summed E-state index contributed by atoms with van der Waals surface area (Å²) in [6.07, 6.45) is 0.532. The lowest BCUT2D eigenvalue weighted by Crippen LogP contribution is -2.16. The molecular formula is C4H6ClNO3. The second-order valence-electron chi connectivity index (χ2n) is 1.57. The van der Waals surface area contributed by atoms with Gasteiger partial charge in [-0.05, 0) is 0 Å². The van der Waals surface area contributed by atoms with E-state index < -0.39 is 0 Å². The third-order valence-corrected chi connectivity index (χ3v) is 1.37. The molecule has 52 valence electrons. The Kier molecular flexibility index (Phi) is 2.61. The molecule has 0 aromatic heterocycles. The van der Waals surface area contributed by atoms with Gasteiger partial charge in [0, 0.05) is 24.6 Å². The zero-order valence-corrected chi connectivity index (χ0v) is 5.31. The molecule has 0 saturated carbocycles. The Bertz CT molecular complexity index is 131. The topological polar surface area (TPSA) is 68.9 Å². The minimum Gasteiger partial charge on any atom is -0.412 e. The molecule has 9 heavy (non-hydrogen) atoms. The molecule has 2 N–H and O–H groups in total. The Balaban J connectivity index is 0.000000640. The van der Waals surface area contributed by atoms with Crippen LogP contribution in [0, 0.1) is 0 Å². The molecule has 0 aliphatic carbocycles. The number of amides is 2. The smallest absolute Gasteiger partial charge is 0.244 e. The van der Waals surface area contributed by atoms with Crippen LogP contribution in [0.2, 0.25) is 0 Å². The van der Waals surface area contributed by atoms with Crippen molar-refractivity contribution in [3.05, 3.63) is 0 Å². The van der Waals surface area contributed by atoms with Crippen molar-refractivity contribution < 1.29 is 15.1 Å². The molecule has 1 saturated heterocycles. The van der Waals surface area contributed by atoms with E-state index in [-0.39, 0.29) is 30.1 Å². The lowest BCUT2D eigenvalue weighted by Gasteiger charge is -1.96. The highest BCUT2D eigenvalue weighted by molar-refractivity contribution is 6.32. The average Bonchev–Trinajstić information content (AvgIpc) is 1.98. The number of nitrogens with zero attached hydrogens (tertiary/aromatic N) is 1. The summed E-state index contributed by atoms with van der Waals surface area (Å²) >= 11 is 5.15. The van der Waals surface area contributed by atoms with Crippen molar-refractivity contribution in [2.24, 2.45) is 0 Å². The van der Waals surface area contributed by atoms with Crippen molar-refractivity contribution in [3.63, 3.8) is 0 Å². The average molecular weight is 152 g/mol. The molecule has 4 nitrogen and oxygen atoms in total. The van der Waals surface area contributed by atoms with Crippen molar-refractivity contribution in [2.75, 3.05) is 0 Å². The van der Waals surface area contributed by atoms with Crippen molar-refractivity contribution in [2.45, 2.75) is 12.8 Å². The second-order valence-corrected chi connectivity index (χ2v) is 1.91. The highest BCUT2D eigenvalue weighted by atomic mass is 35.5. The number of imide groups is 1. The van der Waals surface area contributed by atoms with Gasteiger partial charge in [0.1, 0.15) is 0 Å². The van der Waals surface area contributed by atoms with Crippen LogP contribution in [-0.4, -0.2) is 21.7 Å². The molecule has 0 radical (unpaired) electrons. The van der Waals surface area contributed by atoms with Gasteiger partial charge >= 0.3 is 0 Å². The largest absolute Gasteiger partial charge is 0.412 e. The van der Waals surface area contributed by atoms with Crippen molar-refractivity contribution in [1.29, 1.82) is 0 Å². The Morgan fingerprint density at radius 1 is 1.22 bits per heavy atom. The van der Waals surface area contributed by atoms with E-state index in [0.29, 0.717) is 4.42 Å². The first kappa shape index (κ1) is 8.39. The first-order valence-corrected chi connectivity index (χ1v) is 2.57. The molecule has 1 fully saturated rings. The molecule has 0 spiro atoms. The Morgan fingerprint density at radius 3 is 1.67 bits per heavy atom. The summed E-state index contributed by atoms with van der Waals surface area (Å²) < 4.78 is 0.639. The molecular weight excluding hydrogens is 146 g/mol. The maximum absolute atomic E-state index is 10.4. The first-order chi connectivity index (χ1) is 3.72. The summed E-state index contributed by atoms with van der Waals surface area (Å²) in [5.41, 5.74) is 0. The minimum atomic E-state index is -0.295. The number of carbonyl (C=O) groups is 2. The van der Waals surface area contributed by atoms with Gasteiger partial charge in [-0.25, -0.2) is 0 Å². The third-order valence-electron chi connectivity index (χ3n) is 0.991. The van der Waals surface area contributed by atoms with Crippen LogP contribution in [0.4, 0.5) is 0 Å². The fourth-order valence-corrected chi connectivity index (χ4v) is 0.718. The molecule has 0 atom stereocenters. The van der Waals surface area contributed by atoms with Crippen molar-refractivity contribution in [3.8, 4) is 0 Å². The maximum Gasteiger partial charge on any atom is 0.244 e. The van der Waals surface area contributed by atoms with Gasteiger partial charge in [0.25, 0.3) is 0 Å². The molecule has 2 amide bonds. The van der Waals surface area contributed by atoms with Gasteiger partial charge < -0.3 is 5.48 Å². The van der Waals surface area contributed by atoms with Crippen LogP contribution in [0.5, 0.6) is 0 Å². The summed E-state index contributed by atoms with van der Waals surface area (Å²) in [6.45, 7) is 0. The highest BCUT2D eigenvalue weighted by Crippen LogP contribution is 2.12. The van der Waals surface area contributed by atoms with Crippen LogP contribution in [0.15, 0.2) is 0 Å². The predicted octanol–water partition coefficient (Wildman–Crippen LogP) is -0.536. The number of hydrogen-bond donors (Lipinski definition) is 0. The van der Waals surface area contributed by atoms with E-state index in [1.807, 2.05) is 0 Å². The van der Waals surface area contributed by atoms with Gasteiger partial charge in [-0.15, -0.1) is 0 Å². The SMILES string of the molecule is O.O=C1CCC(=O)N1Cl. The van der Waals surface area contributed by atoms with Crippen molar-refractivity contribution >= 4 is 23.6 Å². The van der Waals surface area contributed by atoms with Crippen LogP contribution >= 0.6 is 11.8 Å². The Labute approximate surface area is 56.8 Å². The molecule has 1 aliphatic heterocycles. The maximum atomic E-state index is 10.4. The minimum absolute atomic E-state index is 0. The van der Waals surface area contributed by atoms with Gasteiger partial charge in [-0.2, -0.15) is 4.42 Å². The van der Waals surface area contributed by atoms with E-state index in [9.17, 15) is 9.59 Å². The summed E-state index contributed by atoms with van der Waals surface area (Å²) in [5, 5.41) is 0. The summed E-state index contributed by atoms with van der Waals surface area (Å²) in [6, 6.07) is 0. The number of hydrogen-bond acceptors (Lipinski definition) is 2. The third kappa shape index (κ3) is 1.40. The first-order valence-electron chi connectivity index (χ1n) is 2.23. The van der Waals surface area contributed by atoms with Crippen LogP contribution in [0.3, 0.4) is 0 Å². The molecule has 5 heteroatoms. The van der Waals surface area contributed by atoms with E-state index in [2.05, 4.69) is 0 Å². The standard InChI is InChI=1S/C4H4ClNO2.H2O/c5-6-3(7)1-2-4(6)8;/h1-2H2;1H2. The van der Waals surface area contributed by atoms with Gasteiger partial charge in [-0.3, -0.25) is 9.59 Å². The van der Waals surface area contributed by atoms with Crippen LogP contribution in [-0.2, 0) is 9.59 Å². The van der Waals surface area contributed by atoms with Crippen LogP contribution in [0.25, 0.3) is 0 Å². The number of rotatable bonds is 0. The fraction of sp³-hybridized carbons (Fsp3) is 0.500. The van der Waals surface area contributed by atoms with Crippen LogP contribution in [0.1, 0.15) is 12.8 Å². The quantitative estimate of drug-likeness (QED) is 0.345. The zero-order valence-electron chi connectivity index (χ0n) is 4.56. The van der Waals surface area contributed by atoms with Crippen molar-refractivity contribution in [1.82, 2.24) is 4.42 Å². The Morgan fingerprint density at radius 2 is 1.56 bits per heavy atom. The summed E-state index contributed by atoms with van der Waals surface area (Å²) in [4.78, 5) is 20.7. The lowest BCUT2D eigenvalue weighted by molar-refractivity contribution is -0.132. The normalized spacial score (nSPS) is 18.1. The lowest BCUT2D eigenvalue weighted by atomic mass is 10.4. The van der Waals surface area contributed by atoms with Gasteiger partial charge in [0.15, 0.2) is 0 Å². The molecule has 0 aromatic rings. The summed E-state index contributed by atoms with van der Waals surface area (Å²) in [7, 11) is 0. The van der Waals surface area contributed by atoms with E-state index in [1.54, 1.807) is 0 Å². The van der Waals surface area contributed by atoms with E-state index in [4.69, 9.17) is 11.8 Å². The molecule has 0 bridgehead atoms.